The Balaban J connectivity index is 0.00000225. The summed E-state index contributed by atoms with van der Waals surface area (Å²) in [7, 11) is 1.60. The van der Waals surface area contributed by atoms with E-state index in [1.54, 1.807) is 7.11 Å². The number of hydrogen-bond donors (Lipinski definition) is 2. The minimum absolute atomic E-state index is 0. The van der Waals surface area contributed by atoms with E-state index in [1.165, 1.54) is 0 Å². The number of halogens is 1. The number of piperidine rings is 1. The SMILES string of the molecule is COc1ccccc1-c1noc(C(C)NC(=O)C2CCCCN2)n1.Cl. The van der Waals surface area contributed by atoms with Gasteiger partial charge in [-0.15, -0.1) is 12.4 Å². The Bertz CT molecular complexity index is 701. The first-order valence-corrected chi connectivity index (χ1v) is 8.20. The van der Waals surface area contributed by atoms with Crippen LogP contribution in [0, 0.1) is 0 Å². The number of amides is 1. The highest BCUT2D eigenvalue weighted by molar-refractivity contribution is 5.85. The summed E-state index contributed by atoms with van der Waals surface area (Å²) in [6, 6.07) is 6.97. The average molecular weight is 367 g/mol. The minimum atomic E-state index is -0.350. The van der Waals surface area contributed by atoms with Crippen LogP contribution < -0.4 is 15.4 Å². The van der Waals surface area contributed by atoms with Crippen LogP contribution >= 0.6 is 12.4 Å². The molecule has 1 aliphatic rings. The average Bonchev–Trinajstić information content (AvgIpc) is 3.12. The summed E-state index contributed by atoms with van der Waals surface area (Å²) >= 11 is 0. The smallest absolute Gasteiger partial charge is 0.249 e. The van der Waals surface area contributed by atoms with E-state index >= 15 is 0 Å². The summed E-state index contributed by atoms with van der Waals surface area (Å²) in [5.41, 5.74) is 0.752. The van der Waals surface area contributed by atoms with Crippen LogP contribution in [0.3, 0.4) is 0 Å². The highest BCUT2D eigenvalue weighted by Gasteiger charge is 2.24. The van der Waals surface area contributed by atoms with Gasteiger partial charge in [-0.3, -0.25) is 4.79 Å². The Morgan fingerprint density at radius 3 is 2.92 bits per heavy atom. The zero-order chi connectivity index (χ0) is 16.9. The second kappa shape index (κ2) is 8.82. The number of para-hydroxylation sites is 1. The number of hydrogen-bond acceptors (Lipinski definition) is 6. The number of ether oxygens (including phenoxy) is 1. The van der Waals surface area contributed by atoms with Gasteiger partial charge in [0.1, 0.15) is 11.8 Å². The highest BCUT2D eigenvalue weighted by atomic mass is 35.5. The summed E-state index contributed by atoms with van der Waals surface area (Å²) in [6.45, 7) is 2.71. The molecule has 2 N–H and O–H groups in total. The van der Waals surface area contributed by atoms with Crippen molar-refractivity contribution in [1.29, 1.82) is 0 Å². The molecule has 0 spiro atoms. The molecule has 1 fully saturated rings. The molecule has 0 aliphatic carbocycles. The Hall–Kier alpha value is -2.12. The van der Waals surface area contributed by atoms with E-state index in [0.717, 1.165) is 31.4 Å². The van der Waals surface area contributed by atoms with Gasteiger partial charge in [0.15, 0.2) is 0 Å². The molecule has 2 atom stereocenters. The van der Waals surface area contributed by atoms with E-state index in [4.69, 9.17) is 9.26 Å². The molecule has 1 aromatic carbocycles. The zero-order valence-electron chi connectivity index (χ0n) is 14.3. The molecule has 2 aromatic rings. The third kappa shape index (κ3) is 4.49. The zero-order valence-corrected chi connectivity index (χ0v) is 15.1. The van der Waals surface area contributed by atoms with Crippen LogP contribution in [0.5, 0.6) is 5.75 Å². The summed E-state index contributed by atoms with van der Waals surface area (Å²) in [6.07, 6.45) is 3.04. The number of nitrogens with zero attached hydrogens (tertiary/aromatic N) is 2. The summed E-state index contributed by atoms with van der Waals surface area (Å²) in [5, 5.41) is 10.2. The van der Waals surface area contributed by atoms with Crippen molar-refractivity contribution in [1.82, 2.24) is 20.8 Å². The van der Waals surface area contributed by atoms with Crippen LogP contribution in [0.4, 0.5) is 0 Å². The fourth-order valence-corrected chi connectivity index (χ4v) is 2.80. The maximum absolute atomic E-state index is 12.3. The summed E-state index contributed by atoms with van der Waals surface area (Å²) < 4.78 is 10.6. The Labute approximate surface area is 152 Å². The van der Waals surface area contributed by atoms with Crippen molar-refractivity contribution < 1.29 is 14.1 Å². The fraction of sp³-hybridized carbons (Fsp3) is 0.471. The van der Waals surface area contributed by atoms with Gasteiger partial charge in [0.25, 0.3) is 0 Å². The topological polar surface area (TPSA) is 89.3 Å². The molecule has 0 bridgehead atoms. The molecule has 1 aliphatic heterocycles. The fourth-order valence-electron chi connectivity index (χ4n) is 2.80. The van der Waals surface area contributed by atoms with Gasteiger partial charge in [0, 0.05) is 0 Å². The lowest BCUT2D eigenvalue weighted by Crippen LogP contribution is -2.47. The maximum Gasteiger partial charge on any atom is 0.249 e. The van der Waals surface area contributed by atoms with Gasteiger partial charge in [0.2, 0.25) is 17.6 Å². The van der Waals surface area contributed by atoms with Crippen LogP contribution in [0.25, 0.3) is 11.4 Å². The molecule has 2 heterocycles. The number of aromatic nitrogens is 2. The van der Waals surface area contributed by atoms with Gasteiger partial charge in [-0.2, -0.15) is 4.98 Å². The van der Waals surface area contributed by atoms with E-state index in [-0.39, 0.29) is 30.4 Å². The van der Waals surface area contributed by atoms with Crippen molar-refractivity contribution >= 4 is 18.3 Å². The molecule has 136 valence electrons. The molecule has 7 nitrogen and oxygen atoms in total. The highest BCUT2D eigenvalue weighted by Crippen LogP contribution is 2.28. The van der Waals surface area contributed by atoms with Gasteiger partial charge in [0.05, 0.1) is 18.7 Å². The molecule has 0 radical (unpaired) electrons. The Kier molecular flexibility index (Phi) is 6.78. The van der Waals surface area contributed by atoms with Gasteiger partial charge in [-0.05, 0) is 38.4 Å². The molecule has 0 saturated carbocycles. The number of benzene rings is 1. The van der Waals surface area contributed by atoms with Crippen molar-refractivity contribution in [2.45, 2.75) is 38.3 Å². The van der Waals surface area contributed by atoms with Crippen LogP contribution in [0.1, 0.15) is 38.1 Å². The third-order valence-corrected chi connectivity index (χ3v) is 4.15. The third-order valence-electron chi connectivity index (χ3n) is 4.15. The first kappa shape index (κ1) is 19.2. The predicted octanol–water partition coefficient (Wildman–Crippen LogP) is 2.49. The van der Waals surface area contributed by atoms with Crippen LogP contribution in [0.15, 0.2) is 28.8 Å². The monoisotopic (exact) mass is 366 g/mol. The van der Waals surface area contributed by atoms with Crippen molar-refractivity contribution in [3.05, 3.63) is 30.2 Å². The number of carbonyl (C=O) groups excluding carboxylic acids is 1. The van der Waals surface area contributed by atoms with Crippen molar-refractivity contribution in [3.63, 3.8) is 0 Å². The summed E-state index contributed by atoms with van der Waals surface area (Å²) in [5.74, 6) is 1.46. The van der Waals surface area contributed by atoms with Crippen molar-refractivity contribution in [2.75, 3.05) is 13.7 Å². The van der Waals surface area contributed by atoms with Crippen LogP contribution in [-0.4, -0.2) is 35.7 Å². The molecular formula is C17H23ClN4O3. The predicted molar refractivity (Wildman–Crippen MR) is 95.7 cm³/mol. The number of nitrogens with one attached hydrogen (secondary N) is 2. The van der Waals surface area contributed by atoms with Crippen molar-refractivity contribution in [2.24, 2.45) is 0 Å². The number of rotatable bonds is 5. The number of methoxy groups -OCH3 is 1. The Morgan fingerprint density at radius 2 is 2.20 bits per heavy atom. The van der Waals surface area contributed by atoms with Crippen LogP contribution in [0.2, 0.25) is 0 Å². The lowest BCUT2D eigenvalue weighted by molar-refractivity contribution is -0.124. The molecule has 8 heteroatoms. The van der Waals surface area contributed by atoms with E-state index in [9.17, 15) is 4.79 Å². The van der Waals surface area contributed by atoms with Gasteiger partial charge in [-0.25, -0.2) is 0 Å². The molecule has 3 rings (SSSR count). The van der Waals surface area contributed by atoms with E-state index in [1.807, 2.05) is 31.2 Å². The second-order valence-corrected chi connectivity index (χ2v) is 5.89. The summed E-state index contributed by atoms with van der Waals surface area (Å²) in [4.78, 5) is 16.7. The molecular weight excluding hydrogens is 344 g/mol. The molecule has 2 unspecified atom stereocenters. The van der Waals surface area contributed by atoms with Gasteiger partial charge >= 0.3 is 0 Å². The molecule has 1 aromatic heterocycles. The van der Waals surface area contributed by atoms with Gasteiger partial charge in [-0.1, -0.05) is 23.7 Å². The molecule has 1 saturated heterocycles. The maximum atomic E-state index is 12.3. The Morgan fingerprint density at radius 1 is 1.40 bits per heavy atom. The quantitative estimate of drug-likeness (QED) is 0.845. The van der Waals surface area contributed by atoms with E-state index in [2.05, 4.69) is 20.8 Å². The van der Waals surface area contributed by atoms with Crippen molar-refractivity contribution in [3.8, 4) is 17.1 Å². The minimum Gasteiger partial charge on any atom is -0.496 e. The van der Waals surface area contributed by atoms with Crippen LogP contribution in [-0.2, 0) is 4.79 Å². The van der Waals surface area contributed by atoms with E-state index in [0.29, 0.717) is 17.5 Å². The second-order valence-electron chi connectivity index (χ2n) is 5.89. The normalized spacial score (nSPS) is 18.1. The lowest BCUT2D eigenvalue weighted by Gasteiger charge is -2.23. The van der Waals surface area contributed by atoms with E-state index < -0.39 is 0 Å². The lowest BCUT2D eigenvalue weighted by atomic mass is 10.0. The first-order chi connectivity index (χ1) is 11.7. The molecule has 1 amide bonds. The largest absolute Gasteiger partial charge is 0.496 e. The van der Waals surface area contributed by atoms with Gasteiger partial charge < -0.3 is 19.9 Å². The standard InChI is InChI=1S/C17H22N4O3.ClH/c1-11(19-16(22)13-8-5-6-10-18-13)17-20-15(21-24-17)12-7-3-4-9-14(12)23-2;/h3-4,7,9,11,13,18H,5-6,8,10H2,1-2H3,(H,19,22);1H. The molecule has 25 heavy (non-hydrogen) atoms. The number of carbonyl (C=O) groups is 1. The first-order valence-electron chi connectivity index (χ1n) is 8.20.